The van der Waals surface area contributed by atoms with Crippen molar-refractivity contribution < 1.29 is 32.3 Å². The molecule has 44 heavy (non-hydrogen) atoms. The van der Waals surface area contributed by atoms with Crippen molar-refractivity contribution in [3.05, 3.63) is 12.7 Å². The van der Waals surface area contributed by atoms with Crippen molar-refractivity contribution in [3.8, 4) is 0 Å². The number of nitrogens with zero attached hydrogens (tertiary/aromatic N) is 1. The number of carbonyl (C=O) groups excluding carboxylic acids is 4. The van der Waals surface area contributed by atoms with E-state index < -0.39 is 67.5 Å². The molecule has 0 aromatic carbocycles. The Kier molecular flexibility index (Phi) is 7.51. The molecule has 1 aliphatic heterocycles. The van der Waals surface area contributed by atoms with Crippen LogP contribution < -0.4 is 10.0 Å². The minimum Gasteiger partial charge on any atom is -0.460 e. The first kappa shape index (κ1) is 32.9. The van der Waals surface area contributed by atoms with Crippen LogP contribution in [0.2, 0.25) is 0 Å². The number of likely N-dealkylation sites (tertiary alicyclic amines) is 1. The first-order valence-corrected chi connectivity index (χ1v) is 17.7. The molecule has 5 atom stereocenters. The van der Waals surface area contributed by atoms with Crippen molar-refractivity contribution >= 4 is 33.7 Å². The Morgan fingerprint density at radius 2 is 1.64 bits per heavy atom. The molecule has 3 amide bonds. The molecule has 4 aliphatic carbocycles. The quantitative estimate of drug-likeness (QED) is 0.291. The van der Waals surface area contributed by atoms with Gasteiger partial charge in [-0.1, -0.05) is 47.1 Å². The molecule has 0 aromatic rings. The van der Waals surface area contributed by atoms with E-state index in [4.69, 9.17) is 4.74 Å². The third-order valence-electron chi connectivity index (χ3n) is 11.8. The topological polar surface area (TPSA) is 139 Å². The van der Waals surface area contributed by atoms with E-state index in [0.717, 1.165) is 19.3 Å². The van der Waals surface area contributed by atoms with Crippen LogP contribution in [0.15, 0.2) is 12.7 Å². The van der Waals surface area contributed by atoms with Crippen LogP contribution in [0.4, 0.5) is 0 Å². The minimum absolute atomic E-state index is 0.0482. The third-order valence-corrected chi connectivity index (χ3v) is 13.6. The number of carbonyl (C=O) groups is 4. The summed E-state index contributed by atoms with van der Waals surface area (Å²) < 4.78 is 33.0. The highest BCUT2D eigenvalue weighted by Gasteiger charge is 2.85. The zero-order chi connectivity index (χ0) is 32.9. The average molecular weight is 634 g/mol. The lowest BCUT2D eigenvalue weighted by Gasteiger charge is -2.36. The Labute approximate surface area is 262 Å². The van der Waals surface area contributed by atoms with Gasteiger partial charge in [0.1, 0.15) is 17.2 Å². The molecule has 5 aliphatic rings. The van der Waals surface area contributed by atoms with Crippen LogP contribution in [0.1, 0.15) is 107 Å². The Bertz CT molecular complexity index is 1380. The molecule has 5 fully saturated rings. The lowest BCUT2D eigenvalue weighted by molar-refractivity contribution is -0.161. The van der Waals surface area contributed by atoms with Crippen LogP contribution in [0.3, 0.4) is 0 Å². The molecule has 0 unspecified atom stereocenters. The number of nitrogens with one attached hydrogen (secondary N) is 2. The molecule has 2 spiro atoms. The summed E-state index contributed by atoms with van der Waals surface area (Å²) in [5, 5.41) is 2.33. The van der Waals surface area contributed by atoms with Gasteiger partial charge in [0.15, 0.2) is 0 Å². The van der Waals surface area contributed by atoms with E-state index in [1.807, 2.05) is 20.8 Å². The Hall–Kier alpha value is -2.43. The third kappa shape index (κ3) is 5.09. The maximum absolute atomic E-state index is 14.5. The first-order valence-electron chi connectivity index (χ1n) is 16.1. The first-order chi connectivity index (χ1) is 20.1. The maximum Gasteiger partial charge on any atom is 0.307 e. The van der Waals surface area contributed by atoms with E-state index in [1.54, 1.807) is 31.7 Å². The molecule has 0 radical (unpaired) electrons. The number of rotatable bonds is 9. The monoisotopic (exact) mass is 633 g/mol. The zero-order valence-corrected chi connectivity index (χ0v) is 28.5. The SMILES string of the molecule is C=C[C@@H]1C[C@]1(NC(=O)[C@@H]1C[C@@]2(CN1C(=O)[C@@H](CC(=O)OC(C)(C)C)C(C)(C)C)C(C)(C)C21CCC1)C(=O)NS(=O)(=O)C1CC1. The summed E-state index contributed by atoms with van der Waals surface area (Å²) in [6, 6.07) is -0.860. The van der Waals surface area contributed by atoms with E-state index in [-0.39, 0.29) is 35.0 Å². The molecule has 11 heteroatoms. The predicted molar refractivity (Wildman–Crippen MR) is 165 cm³/mol. The van der Waals surface area contributed by atoms with Crippen molar-refractivity contribution in [2.45, 2.75) is 129 Å². The van der Waals surface area contributed by atoms with Crippen LogP contribution in [0, 0.1) is 33.5 Å². The highest BCUT2D eigenvalue weighted by Crippen LogP contribution is 2.88. The molecule has 0 bridgehead atoms. The van der Waals surface area contributed by atoms with Gasteiger partial charge in [0, 0.05) is 17.9 Å². The Morgan fingerprint density at radius 1 is 1.02 bits per heavy atom. The van der Waals surface area contributed by atoms with Crippen molar-refractivity contribution in [3.63, 3.8) is 0 Å². The highest BCUT2D eigenvalue weighted by atomic mass is 32.2. The number of fused-ring (bicyclic) bond motifs is 1. The normalized spacial score (nSPS) is 32.4. The van der Waals surface area contributed by atoms with Gasteiger partial charge in [-0.15, -0.1) is 6.58 Å². The summed E-state index contributed by atoms with van der Waals surface area (Å²) in [5.41, 5.74) is -3.02. The van der Waals surface area contributed by atoms with Gasteiger partial charge in [-0.3, -0.25) is 23.9 Å². The van der Waals surface area contributed by atoms with Crippen LogP contribution in [0.25, 0.3) is 0 Å². The number of ether oxygens (including phenoxy) is 1. The summed E-state index contributed by atoms with van der Waals surface area (Å²) in [4.78, 5) is 56.8. The van der Waals surface area contributed by atoms with Gasteiger partial charge < -0.3 is 15.0 Å². The smallest absolute Gasteiger partial charge is 0.307 e. The minimum atomic E-state index is -3.82. The van der Waals surface area contributed by atoms with Gasteiger partial charge in [0.2, 0.25) is 21.8 Å². The van der Waals surface area contributed by atoms with Gasteiger partial charge in [0.05, 0.1) is 17.6 Å². The Morgan fingerprint density at radius 3 is 2.07 bits per heavy atom. The molecular formula is C33H51N3O7S. The fraction of sp³-hybridized carbons (Fsp3) is 0.818. The predicted octanol–water partition coefficient (Wildman–Crippen LogP) is 3.85. The standard InChI is InChI=1S/C33H51N3O7S/c1-10-20-17-33(20,27(40)35-44(41,42)21-12-13-21)34-25(38)23-18-32(30(8,9)31(32)14-11-15-31)19-36(23)26(39)22(28(2,3)4)16-24(37)43-29(5,6)7/h10,20-23H,1,11-19H2,2-9H3,(H,34,38)(H,35,40)/t20-,22-,23+,32-,33-/m1/s1. The Balaban J connectivity index is 1.44. The summed E-state index contributed by atoms with van der Waals surface area (Å²) in [7, 11) is -3.82. The summed E-state index contributed by atoms with van der Waals surface area (Å²) in [6.45, 7) is 19.7. The molecule has 1 heterocycles. The second-order valence-electron chi connectivity index (χ2n) is 16.7. The molecule has 10 nitrogen and oxygen atoms in total. The second-order valence-corrected chi connectivity index (χ2v) is 18.7. The zero-order valence-electron chi connectivity index (χ0n) is 27.7. The second kappa shape index (κ2) is 10.0. The van der Waals surface area contributed by atoms with E-state index in [2.05, 4.69) is 30.5 Å². The van der Waals surface area contributed by atoms with Crippen LogP contribution in [-0.2, 0) is 33.9 Å². The van der Waals surface area contributed by atoms with Crippen molar-refractivity contribution in [1.29, 1.82) is 0 Å². The van der Waals surface area contributed by atoms with Crippen molar-refractivity contribution in [1.82, 2.24) is 14.9 Å². The van der Waals surface area contributed by atoms with Gasteiger partial charge in [-0.05, 0) is 75.5 Å². The van der Waals surface area contributed by atoms with E-state index in [1.165, 1.54) is 0 Å². The fourth-order valence-electron chi connectivity index (χ4n) is 8.60. The van der Waals surface area contributed by atoms with Gasteiger partial charge in [-0.25, -0.2) is 8.42 Å². The van der Waals surface area contributed by atoms with Crippen LogP contribution in [0.5, 0.6) is 0 Å². The number of hydrogen-bond acceptors (Lipinski definition) is 7. The summed E-state index contributed by atoms with van der Waals surface area (Å²) in [5.74, 6) is -3.13. The molecule has 246 valence electrons. The van der Waals surface area contributed by atoms with Crippen LogP contribution in [-0.4, -0.2) is 66.0 Å². The lowest BCUT2D eigenvalue weighted by atomic mass is 9.73. The highest BCUT2D eigenvalue weighted by molar-refractivity contribution is 7.91. The van der Waals surface area contributed by atoms with E-state index >= 15 is 0 Å². The van der Waals surface area contributed by atoms with Crippen molar-refractivity contribution in [2.75, 3.05) is 6.54 Å². The lowest BCUT2D eigenvalue weighted by Crippen LogP contribution is -2.57. The maximum atomic E-state index is 14.5. The van der Waals surface area contributed by atoms with Crippen LogP contribution >= 0.6 is 0 Å². The molecule has 0 aromatic heterocycles. The fourth-order valence-corrected chi connectivity index (χ4v) is 9.96. The van der Waals surface area contributed by atoms with Gasteiger partial charge >= 0.3 is 5.97 Å². The molecule has 1 saturated heterocycles. The number of sulfonamides is 1. The number of esters is 1. The molecule has 4 saturated carbocycles. The molecular weight excluding hydrogens is 582 g/mol. The average Bonchev–Trinajstić information content (AvgIpc) is 3.77. The van der Waals surface area contributed by atoms with E-state index in [0.29, 0.717) is 25.8 Å². The van der Waals surface area contributed by atoms with Gasteiger partial charge in [0.25, 0.3) is 5.91 Å². The number of amides is 3. The summed E-state index contributed by atoms with van der Waals surface area (Å²) >= 11 is 0. The van der Waals surface area contributed by atoms with Crippen molar-refractivity contribution in [2.24, 2.45) is 33.5 Å². The molecule has 2 N–H and O–H groups in total. The van der Waals surface area contributed by atoms with Gasteiger partial charge in [-0.2, -0.15) is 0 Å². The summed E-state index contributed by atoms with van der Waals surface area (Å²) in [6.07, 6.45) is 6.34. The number of hydrogen-bond donors (Lipinski definition) is 2. The molecule has 5 rings (SSSR count). The largest absolute Gasteiger partial charge is 0.460 e. The van der Waals surface area contributed by atoms with E-state index in [9.17, 15) is 27.6 Å².